The number of rotatable bonds is 4. The van der Waals surface area contributed by atoms with Gasteiger partial charge in [0.05, 0.1) is 0 Å². The minimum atomic E-state index is -1.27. The second-order valence-corrected chi connectivity index (χ2v) is 3.39. The van der Waals surface area contributed by atoms with Gasteiger partial charge >= 0.3 is 11.9 Å². The van der Waals surface area contributed by atoms with Crippen molar-refractivity contribution in [2.24, 2.45) is 0 Å². The highest BCUT2D eigenvalue weighted by atomic mass is 32.1. The molecule has 0 spiro atoms. The molecule has 0 radical (unpaired) electrons. The predicted octanol–water partition coefficient (Wildman–Crippen LogP) is 0.122. The van der Waals surface area contributed by atoms with E-state index in [1.165, 1.54) is 0 Å². The highest BCUT2D eigenvalue weighted by Gasteiger charge is 2.27. The SMILES string of the molecule is O=C(O)C(S)C(=S)C(S)C(=O)O. The number of thiol groups is 2. The van der Waals surface area contributed by atoms with Crippen LogP contribution in [0.3, 0.4) is 0 Å². The zero-order valence-electron chi connectivity index (χ0n) is 5.67. The Hall–Kier alpha value is -0.270. The number of thiocarbonyl (C=S) groups is 1. The molecule has 4 nitrogen and oxygen atoms in total. The summed E-state index contributed by atoms with van der Waals surface area (Å²) in [5, 5.41) is 14.3. The third-order valence-electron chi connectivity index (χ3n) is 1.01. The number of hydrogen-bond donors (Lipinski definition) is 4. The van der Waals surface area contributed by atoms with E-state index in [2.05, 4.69) is 37.5 Å². The van der Waals surface area contributed by atoms with E-state index in [4.69, 9.17) is 10.2 Å². The predicted molar refractivity (Wildman–Crippen MR) is 53.4 cm³/mol. The van der Waals surface area contributed by atoms with Gasteiger partial charge in [0.2, 0.25) is 0 Å². The van der Waals surface area contributed by atoms with E-state index in [9.17, 15) is 9.59 Å². The second-order valence-electron chi connectivity index (χ2n) is 1.88. The average molecular weight is 226 g/mol. The summed E-state index contributed by atoms with van der Waals surface area (Å²) in [5.41, 5.74) is 0. The first kappa shape index (κ1) is 11.7. The van der Waals surface area contributed by atoms with E-state index in [1.54, 1.807) is 0 Å². The van der Waals surface area contributed by atoms with Crippen LogP contribution in [-0.2, 0) is 9.59 Å². The van der Waals surface area contributed by atoms with Crippen LogP contribution in [0.2, 0.25) is 0 Å². The Balaban J connectivity index is 4.39. The molecule has 2 unspecified atom stereocenters. The lowest BCUT2D eigenvalue weighted by molar-refractivity contribution is -0.135. The third kappa shape index (κ3) is 3.00. The van der Waals surface area contributed by atoms with Crippen LogP contribution in [0.5, 0.6) is 0 Å². The van der Waals surface area contributed by atoms with E-state index in [0.717, 1.165) is 0 Å². The molecule has 7 heteroatoms. The number of carboxylic acid groups (broad SMARTS) is 2. The van der Waals surface area contributed by atoms with Crippen molar-refractivity contribution >= 4 is 54.3 Å². The summed E-state index contributed by atoms with van der Waals surface area (Å²) in [6.07, 6.45) is 0. The van der Waals surface area contributed by atoms with Gasteiger partial charge in [-0.3, -0.25) is 9.59 Å². The normalized spacial score (nSPS) is 14.8. The summed E-state index contributed by atoms with van der Waals surface area (Å²) in [5.74, 6) is -2.55. The zero-order valence-corrected chi connectivity index (χ0v) is 8.27. The highest BCUT2D eigenvalue weighted by Crippen LogP contribution is 2.08. The van der Waals surface area contributed by atoms with Crippen molar-refractivity contribution in [2.75, 3.05) is 0 Å². The number of aliphatic carboxylic acids is 2. The fourth-order valence-corrected chi connectivity index (χ4v) is 1.01. The largest absolute Gasteiger partial charge is 0.480 e. The van der Waals surface area contributed by atoms with Crippen LogP contribution in [0.4, 0.5) is 0 Å². The van der Waals surface area contributed by atoms with Gasteiger partial charge in [0.25, 0.3) is 0 Å². The molecule has 2 atom stereocenters. The van der Waals surface area contributed by atoms with Crippen LogP contribution in [0.15, 0.2) is 0 Å². The Morgan fingerprint density at radius 2 is 1.33 bits per heavy atom. The fraction of sp³-hybridized carbons (Fsp3) is 0.400. The van der Waals surface area contributed by atoms with Crippen molar-refractivity contribution < 1.29 is 19.8 Å². The lowest BCUT2D eigenvalue weighted by Crippen LogP contribution is -2.34. The van der Waals surface area contributed by atoms with Crippen molar-refractivity contribution in [3.05, 3.63) is 0 Å². The molecular formula is C5H6O4S3. The Morgan fingerprint density at radius 1 is 1.08 bits per heavy atom. The third-order valence-corrected chi connectivity index (χ3v) is 2.83. The lowest BCUT2D eigenvalue weighted by atomic mass is 10.2. The molecule has 0 aromatic heterocycles. The van der Waals surface area contributed by atoms with Crippen LogP contribution in [0.25, 0.3) is 0 Å². The van der Waals surface area contributed by atoms with Gasteiger partial charge in [0.15, 0.2) is 0 Å². The van der Waals surface area contributed by atoms with E-state index in [0.29, 0.717) is 0 Å². The molecule has 12 heavy (non-hydrogen) atoms. The molecule has 0 fully saturated rings. The smallest absolute Gasteiger partial charge is 0.321 e. The second kappa shape index (κ2) is 4.68. The maximum atomic E-state index is 10.3. The standard InChI is InChI=1S/C5H6O4S3/c6-4(7)2(11)1(10)3(12)5(8)9/h2-3,11-12H,(H,6,7)(H,8,9). The highest BCUT2D eigenvalue weighted by molar-refractivity contribution is 7.90. The Kier molecular flexibility index (Phi) is 4.58. The minimum absolute atomic E-state index is 0.221. The van der Waals surface area contributed by atoms with Gasteiger partial charge in [-0.05, 0) is 0 Å². The molecule has 0 rings (SSSR count). The summed E-state index contributed by atoms with van der Waals surface area (Å²) in [7, 11) is 0. The van der Waals surface area contributed by atoms with Crippen molar-refractivity contribution in [3.63, 3.8) is 0 Å². The Bertz CT molecular complexity index is 205. The van der Waals surface area contributed by atoms with E-state index in [-0.39, 0.29) is 4.86 Å². The molecule has 0 heterocycles. The van der Waals surface area contributed by atoms with E-state index in [1.807, 2.05) is 0 Å². The molecule has 0 aliphatic carbocycles. The van der Waals surface area contributed by atoms with Gasteiger partial charge in [-0.25, -0.2) is 0 Å². The maximum absolute atomic E-state index is 10.3. The zero-order chi connectivity index (χ0) is 9.89. The van der Waals surface area contributed by atoms with Gasteiger partial charge < -0.3 is 10.2 Å². The maximum Gasteiger partial charge on any atom is 0.321 e. The van der Waals surface area contributed by atoms with Crippen molar-refractivity contribution in [3.8, 4) is 0 Å². The van der Waals surface area contributed by atoms with Crippen LogP contribution in [0.1, 0.15) is 0 Å². The van der Waals surface area contributed by atoms with Crippen LogP contribution in [-0.4, -0.2) is 37.5 Å². The summed E-state index contributed by atoms with van der Waals surface area (Å²) in [6, 6.07) is 0. The summed E-state index contributed by atoms with van der Waals surface area (Å²) >= 11 is 11.7. The van der Waals surface area contributed by atoms with E-state index < -0.39 is 22.4 Å². The van der Waals surface area contributed by atoms with Gasteiger partial charge in [-0.15, -0.1) is 0 Å². The first-order valence-electron chi connectivity index (χ1n) is 2.73. The van der Waals surface area contributed by atoms with Crippen molar-refractivity contribution in [2.45, 2.75) is 10.5 Å². The van der Waals surface area contributed by atoms with Gasteiger partial charge in [0, 0.05) is 4.86 Å². The number of hydrogen-bond acceptors (Lipinski definition) is 5. The lowest BCUT2D eigenvalue weighted by Gasteiger charge is -2.10. The molecule has 68 valence electrons. The quantitative estimate of drug-likeness (QED) is 0.405. The van der Waals surface area contributed by atoms with Crippen molar-refractivity contribution in [1.29, 1.82) is 0 Å². The van der Waals surface area contributed by atoms with Gasteiger partial charge in [-0.2, -0.15) is 25.3 Å². The van der Waals surface area contributed by atoms with Crippen LogP contribution in [0, 0.1) is 0 Å². The van der Waals surface area contributed by atoms with E-state index >= 15 is 0 Å². The molecule has 0 aliphatic rings. The summed E-state index contributed by atoms with van der Waals surface area (Å²) in [4.78, 5) is 20.3. The number of carboxylic acids is 2. The molecule has 0 bridgehead atoms. The molecule has 2 N–H and O–H groups in total. The molecule has 0 aromatic carbocycles. The topological polar surface area (TPSA) is 74.6 Å². The first-order valence-corrected chi connectivity index (χ1v) is 4.17. The first-order chi connectivity index (χ1) is 5.37. The number of carbonyl (C=O) groups is 2. The molecule has 0 aromatic rings. The summed E-state index contributed by atoms with van der Waals surface area (Å²) < 4.78 is 0. The fourth-order valence-electron chi connectivity index (χ4n) is 0.393. The molecule has 0 saturated heterocycles. The molecular weight excluding hydrogens is 220 g/mol. The van der Waals surface area contributed by atoms with Crippen LogP contribution >= 0.6 is 37.5 Å². The summed E-state index contributed by atoms with van der Waals surface area (Å²) in [6.45, 7) is 0. The molecule has 0 aliphatic heterocycles. The molecule has 0 amide bonds. The minimum Gasteiger partial charge on any atom is -0.480 e. The van der Waals surface area contributed by atoms with Gasteiger partial charge in [-0.1, -0.05) is 12.2 Å². The van der Waals surface area contributed by atoms with Gasteiger partial charge in [0.1, 0.15) is 10.5 Å². The Labute approximate surface area is 84.8 Å². The van der Waals surface area contributed by atoms with Crippen LogP contribution < -0.4 is 0 Å². The Morgan fingerprint density at radius 3 is 1.50 bits per heavy atom. The van der Waals surface area contributed by atoms with Crippen molar-refractivity contribution in [1.82, 2.24) is 0 Å². The molecule has 0 saturated carbocycles. The monoisotopic (exact) mass is 226 g/mol. The average Bonchev–Trinajstić information content (AvgIpc) is 2.00.